The predicted molar refractivity (Wildman–Crippen MR) is 223 cm³/mol. The normalized spacial score (nSPS) is 14.7. The van der Waals surface area contributed by atoms with Gasteiger partial charge in [0.1, 0.15) is 11.2 Å². The lowest BCUT2D eigenvalue weighted by Crippen LogP contribution is -2.10. The Morgan fingerprint density at radius 1 is 0.472 bits per heavy atom. The predicted octanol–water partition coefficient (Wildman–Crippen LogP) is 14.1. The highest BCUT2D eigenvalue weighted by atomic mass is 16.3. The van der Waals surface area contributed by atoms with Crippen molar-refractivity contribution in [2.45, 2.75) is 0 Å². The molecule has 0 radical (unpaired) electrons. The topological polar surface area (TPSA) is 21.3 Å². The Labute approximate surface area is 321 Å². The molecule has 0 aliphatic carbocycles. The first-order valence-electron chi connectivity index (χ1n) is 22.7. The maximum Gasteiger partial charge on any atom is 0.143 e. The average Bonchev–Trinajstić information content (AvgIpc) is 3.87. The molecule has 11 rings (SSSR count). The van der Waals surface area contributed by atoms with Crippen molar-refractivity contribution in [2.75, 3.05) is 4.90 Å². The molecule has 0 bridgehead atoms. The molecule has 0 N–H and O–H groups in total. The van der Waals surface area contributed by atoms with Crippen molar-refractivity contribution in [1.82, 2.24) is 4.57 Å². The van der Waals surface area contributed by atoms with E-state index in [0.29, 0.717) is 27.5 Å². The van der Waals surface area contributed by atoms with Gasteiger partial charge in [-0.25, -0.2) is 0 Å². The summed E-state index contributed by atoms with van der Waals surface area (Å²) in [7, 11) is 0. The second kappa shape index (κ2) is 11.7. The molecule has 3 nitrogen and oxygen atoms in total. The average molecular weight is 688 g/mol. The zero-order valence-electron chi connectivity index (χ0n) is 38.9. The molecule has 9 aromatic carbocycles. The first kappa shape index (κ1) is 20.7. The molecule has 0 aliphatic rings. The molecule has 0 saturated carbocycles. The summed E-state index contributed by atoms with van der Waals surface area (Å²) >= 11 is 0. The van der Waals surface area contributed by atoms with E-state index < -0.39 is 66.5 Å². The molecule has 0 spiro atoms. The van der Waals surface area contributed by atoms with Crippen molar-refractivity contribution in [3.8, 4) is 16.8 Å². The minimum atomic E-state index is -0.650. The molecule has 0 fully saturated rings. The SMILES string of the molecule is [2H]c1c([2H])c(N(c2c([2H])c([2H])c([2H])c3c([2H])c([2H])c([2H])c([2H])c23)c2cccc3oc4c5ccccc5ccc4c23)c([2H])c([2H])c1-c1ccc2c(c1)c1ccccc1n2-c1ccccc1. The molecular weight excluding hydrogens is 645 g/mol. The zero-order chi connectivity index (χ0) is 44.5. The number of anilines is 3. The van der Waals surface area contributed by atoms with Crippen molar-refractivity contribution in [3.05, 3.63) is 194 Å². The smallest absolute Gasteiger partial charge is 0.143 e. The monoisotopic (exact) mass is 687 g/mol. The molecule has 0 saturated heterocycles. The number of hydrogen-bond acceptors (Lipinski definition) is 2. The molecule has 2 heterocycles. The largest absolute Gasteiger partial charge is 0.455 e. The van der Waals surface area contributed by atoms with E-state index in [2.05, 4.69) is 4.57 Å². The molecule has 0 unspecified atom stereocenters. The second-order valence-corrected chi connectivity index (χ2v) is 12.9. The highest BCUT2D eigenvalue weighted by Gasteiger charge is 2.22. The van der Waals surface area contributed by atoms with Crippen LogP contribution in [0.4, 0.5) is 17.1 Å². The van der Waals surface area contributed by atoms with E-state index in [1.807, 2.05) is 103 Å². The van der Waals surface area contributed by atoms with Crippen LogP contribution >= 0.6 is 0 Å². The Morgan fingerprint density at radius 2 is 1.25 bits per heavy atom. The van der Waals surface area contributed by atoms with E-state index in [-0.39, 0.29) is 33.4 Å². The highest BCUT2D eigenvalue weighted by molar-refractivity contribution is 6.20. The number of fused-ring (bicyclic) bond motifs is 9. The van der Waals surface area contributed by atoms with Crippen molar-refractivity contribution >= 4 is 82.4 Å². The molecule has 11 aromatic rings. The van der Waals surface area contributed by atoms with Crippen LogP contribution in [0.3, 0.4) is 0 Å². The van der Waals surface area contributed by atoms with Gasteiger partial charge in [0.15, 0.2) is 0 Å². The third-order valence-electron chi connectivity index (χ3n) is 9.93. The number of rotatable bonds is 5. The summed E-state index contributed by atoms with van der Waals surface area (Å²) in [5.41, 5.74) is 3.70. The maximum absolute atomic E-state index is 9.80. The van der Waals surface area contributed by atoms with E-state index in [9.17, 15) is 8.22 Å². The number of furan rings is 1. The van der Waals surface area contributed by atoms with Gasteiger partial charge in [-0.15, -0.1) is 0 Å². The quantitative estimate of drug-likeness (QED) is 0.180. The molecule has 3 heteroatoms. The third-order valence-corrected chi connectivity index (χ3v) is 9.93. The number of benzene rings is 9. The Balaban J connectivity index is 1.24. The van der Waals surface area contributed by atoms with Gasteiger partial charge in [0, 0.05) is 38.3 Å². The summed E-state index contributed by atoms with van der Waals surface area (Å²) < 4.78 is 110. The maximum atomic E-state index is 9.80. The number of para-hydroxylation sites is 2. The fraction of sp³-hybridized carbons (Fsp3) is 0. The summed E-state index contributed by atoms with van der Waals surface area (Å²) in [6, 6.07) is 33.8. The molecule has 0 aliphatic heterocycles. The summed E-state index contributed by atoms with van der Waals surface area (Å²) in [4.78, 5) is 1.29. The van der Waals surface area contributed by atoms with Gasteiger partial charge in [0.05, 0.1) is 42.9 Å². The Kier molecular flexibility index (Phi) is 4.57. The molecule has 0 amide bonds. The molecule has 0 atom stereocenters. The van der Waals surface area contributed by atoms with Crippen LogP contribution in [-0.4, -0.2) is 4.57 Å². The van der Waals surface area contributed by atoms with E-state index in [1.165, 1.54) is 4.90 Å². The first-order valence-corrected chi connectivity index (χ1v) is 17.2. The molecule has 248 valence electrons. The molecule has 53 heavy (non-hydrogen) atoms. The summed E-state index contributed by atoms with van der Waals surface area (Å²) in [6.45, 7) is 0. The van der Waals surface area contributed by atoms with Crippen LogP contribution < -0.4 is 4.90 Å². The fourth-order valence-electron chi connectivity index (χ4n) is 7.59. The molecule has 2 aromatic heterocycles. The Bertz CT molecular complexity index is 3790. The third kappa shape index (κ3) is 4.61. The van der Waals surface area contributed by atoms with Crippen LogP contribution in [0, 0.1) is 0 Å². The van der Waals surface area contributed by atoms with Gasteiger partial charge in [-0.3, -0.25) is 0 Å². The lowest BCUT2D eigenvalue weighted by atomic mass is 10.0. The van der Waals surface area contributed by atoms with Gasteiger partial charge in [0.2, 0.25) is 0 Å². The zero-order valence-corrected chi connectivity index (χ0v) is 27.9. The Hall–Kier alpha value is -7.10. The van der Waals surface area contributed by atoms with E-state index in [4.69, 9.17) is 11.3 Å². The number of hydrogen-bond donors (Lipinski definition) is 0. The minimum absolute atomic E-state index is 0.0242. The van der Waals surface area contributed by atoms with Crippen molar-refractivity contribution in [1.29, 1.82) is 0 Å². The number of aromatic nitrogens is 1. The van der Waals surface area contributed by atoms with Gasteiger partial charge >= 0.3 is 0 Å². The standard InChI is InChI=1S/C50H32N2O/c1-2-15-37(16-3-1)51-45-20-9-8-19-41(45)43-32-36(27-31-46(43)51)33-24-28-38(29-25-33)52(44-21-10-14-34-12-4-6-17-39(34)44)47-22-11-23-48-49(47)42-30-26-35-13-5-7-18-40(35)50(42)53-48/h1-32H/i4D,6D,10D,12D,14D,17D,21D,24D,25D,28D,29D. The van der Waals surface area contributed by atoms with Crippen LogP contribution in [0.2, 0.25) is 0 Å². The van der Waals surface area contributed by atoms with Crippen molar-refractivity contribution in [3.63, 3.8) is 0 Å². The van der Waals surface area contributed by atoms with Crippen LogP contribution in [0.25, 0.3) is 82.1 Å². The van der Waals surface area contributed by atoms with Gasteiger partial charge < -0.3 is 13.9 Å². The first-order chi connectivity index (χ1) is 30.9. The lowest BCUT2D eigenvalue weighted by Gasteiger charge is -2.27. The van der Waals surface area contributed by atoms with Crippen molar-refractivity contribution in [2.24, 2.45) is 0 Å². The summed E-state index contributed by atoms with van der Waals surface area (Å²) in [5, 5.41) is 3.95. The van der Waals surface area contributed by atoms with Crippen LogP contribution in [-0.2, 0) is 0 Å². The minimum Gasteiger partial charge on any atom is -0.455 e. The molecular formula is C50H32N2O. The van der Waals surface area contributed by atoms with E-state index in [0.717, 1.165) is 38.3 Å². The van der Waals surface area contributed by atoms with Crippen LogP contribution in [0.15, 0.2) is 198 Å². The van der Waals surface area contributed by atoms with Gasteiger partial charge in [0.25, 0.3) is 0 Å². The van der Waals surface area contributed by atoms with E-state index >= 15 is 0 Å². The second-order valence-electron chi connectivity index (χ2n) is 12.9. The van der Waals surface area contributed by atoms with E-state index in [1.54, 1.807) is 24.3 Å². The van der Waals surface area contributed by atoms with Gasteiger partial charge in [-0.2, -0.15) is 0 Å². The number of nitrogens with zero attached hydrogens (tertiary/aromatic N) is 2. The lowest BCUT2D eigenvalue weighted by molar-refractivity contribution is 0.672. The fourth-order valence-corrected chi connectivity index (χ4v) is 7.59. The van der Waals surface area contributed by atoms with Crippen molar-refractivity contribution < 1.29 is 19.5 Å². The highest BCUT2D eigenvalue weighted by Crippen LogP contribution is 2.46. The van der Waals surface area contributed by atoms with Gasteiger partial charge in [-0.05, 0) is 88.6 Å². The Morgan fingerprint density at radius 3 is 2.15 bits per heavy atom. The summed E-state index contributed by atoms with van der Waals surface area (Å²) in [5.74, 6) is 0. The van der Waals surface area contributed by atoms with Crippen LogP contribution in [0.5, 0.6) is 0 Å². The van der Waals surface area contributed by atoms with Crippen LogP contribution in [0.1, 0.15) is 15.1 Å². The van der Waals surface area contributed by atoms with Gasteiger partial charge in [-0.1, -0.05) is 127 Å². The summed E-state index contributed by atoms with van der Waals surface area (Å²) in [6.07, 6.45) is 0.